The van der Waals surface area contributed by atoms with Crippen LogP contribution in [0.1, 0.15) is 18.2 Å². The molecule has 15 heavy (non-hydrogen) atoms. The zero-order valence-corrected chi connectivity index (χ0v) is 10.3. The standard InChI is InChI=1S/C12H12BrNO/c1-3-9-12(15)11(13)8-6-7(2)4-5-10(8)14-9/h4-6,15H,3H2,1-2H3. The summed E-state index contributed by atoms with van der Waals surface area (Å²) in [6.07, 6.45) is 0.730. The van der Waals surface area contributed by atoms with Crippen molar-refractivity contribution < 1.29 is 5.11 Å². The van der Waals surface area contributed by atoms with Gasteiger partial charge in [-0.25, -0.2) is 4.98 Å². The summed E-state index contributed by atoms with van der Waals surface area (Å²) in [6.45, 7) is 4.01. The van der Waals surface area contributed by atoms with Gasteiger partial charge in [0, 0.05) is 5.39 Å². The summed E-state index contributed by atoms with van der Waals surface area (Å²) >= 11 is 3.42. The first-order valence-corrected chi connectivity index (χ1v) is 5.70. The van der Waals surface area contributed by atoms with Gasteiger partial charge in [-0.1, -0.05) is 18.6 Å². The van der Waals surface area contributed by atoms with Gasteiger partial charge in [0.05, 0.1) is 15.7 Å². The quantitative estimate of drug-likeness (QED) is 0.855. The highest BCUT2D eigenvalue weighted by Crippen LogP contribution is 2.34. The topological polar surface area (TPSA) is 33.1 Å². The van der Waals surface area contributed by atoms with Crippen molar-refractivity contribution in [3.05, 3.63) is 33.9 Å². The average molecular weight is 266 g/mol. The largest absolute Gasteiger partial charge is 0.505 e. The second kappa shape index (κ2) is 3.81. The first-order valence-electron chi connectivity index (χ1n) is 4.91. The number of halogens is 1. The molecule has 0 radical (unpaired) electrons. The Balaban J connectivity index is 2.84. The number of hydrogen-bond acceptors (Lipinski definition) is 2. The summed E-state index contributed by atoms with van der Waals surface area (Å²) in [5.41, 5.74) is 2.81. The minimum Gasteiger partial charge on any atom is -0.505 e. The normalized spacial score (nSPS) is 10.9. The van der Waals surface area contributed by atoms with Crippen LogP contribution < -0.4 is 0 Å². The Kier molecular flexibility index (Phi) is 2.65. The molecule has 0 fully saturated rings. The maximum absolute atomic E-state index is 9.88. The van der Waals surface area contributed by atoms with Crippen LogP contribution in [0.4, 0.5) is 0 Å². The number of rotatable bonds is 1. The van der Waals surface area contributed by atoms with Crippen LogP contribution in [0.25, 0.3) is 10.9 Å². The molecule has 2 aromatic rings. The predicted molar refractivity (Wildman–Crippen MR) is 65.2 cm³/mol. The molecule has 2 rings (SSSR count). The zero-order valence-electron chi connectivity index (χ0n) is 8.71. The fourth-order valence-electron chi connectivity index (χ4n) is 1.62. The Morgan fingerprint density at radius 2 is 2.13 bits per heavy atom. The molecular formula is C12H12BrNO. The molecule has 2 nitrogen and oxygen atoms in total. The third kappa shape index (κ3) is 1.72. The van der Waals surface area contributed by atoms with Gasteiger partial charge < -0.3 is 5.11 Å². The van der Waals surface area contributed by atoms with Crippen LogP contribution in [-0.4, -0.2) is 10.1 Å². The summed E-state index contributed by atoms with van der Waals surface area (Å²) in [7, 11) is 0. The molecule has 0 unspecified atom stereocenters. The van der Waals surface area contributed by atoms with Crippen molar-refractivity contribution in [2.75, 3.05) is 0 Å². The van der Waals surface area contributed by atoms with Crippen LogP contribution in [0.5, 0.6) is 5.75 Å². The van der Waals surface area contributed by atoms with Gasteiger partial charge in [-0.2, -0.15) is 0 Å². The van der Waals surface area contributed by atoms with Gasteiger partial charge in [0.15, 0.2) is 5.75 Å². The maximum Gasteiger partial charge on any atom is 0.151 e. The summed E-state index contributed by atoms with van der Waals surface area (Å²) in [4.78, 5) is 4.42. The SMILES string of the molecule is CCc1nc2ccc(C)cc2c(Br)c1O. The predicted octanol–water partition coefficient (Wildman–Crippen LogP) is 3.57. The molecule has 78 valence electrons. The molecule has 0 bridgehead atoms. The van der Waals surface area contributed by atoms with Crippen LogP contribution in [0.3, 0.4) is 0 Å². The molecule has 0 aliphatic heterocycles. The Bertz CT molecular complexity index is 523. The van der Waals surface area contributed by atoms with Crippen molar-refractivity contribution in [3.63, 3.8) is 0 Å². The summed E-state index contributed by atoms with van der Waals surface area (Å²) < 4.78 is 0.744. The number of aromatic nitrogens is 1. The molecule has 1 aromatic carbocycles. The number of pyridine rings is 1. The Labute approximate surface area is 97.1 Å². The van der Waals surface area contributed by atoms with E-state index in [0.29, 0.717) is 0 Å². The average Bonchev–Trinajstić information content (AvgIpc) is 2.24. The van der Waals surface area contributed by atoms with Gasteiger partial charge in [0.2, 0.25) is 0 Å². The highest BCUT2D eigenvalue weighted by molar-refractivity contribution is 9.10. The molecule has 0 spiro atoms. The van der Waals surface area contributed by atoms with Crippen molar-refractivity contribution in [1.82, 2.24) is 4.98 Å². The summed E-state index contributed by atoms with van der Waals surface area (Å²) in [5, 5.41) is 10.8. The summed E-state index contributed by atoms with van der Waals surface area (Å²) in [6, 6.07) is 6.03. The van der Waals surface area contributed by atoms with E-state index in [1.54, 1.807) is 0 Å². The van der Waals surface area contributed by atoms with Crippen molar-refractivity contribution in [3.8, 4) is 5.75 Å². The second-order valence-corrected chi connectivity index (χ2v) is 4.39. The van der Waals surface area contributed by atoms with E-state index in [1.165, 1.54) is 0 Å². The highest BCUT2D eigenvalue weighted by Gasteiger charge is 2.10. The third-order valence-electron chi connectivity index (χ3n) is 2.46. The van der Waals surface area contributed by atoms with Gasteiger partial charge >= 0.3 is 0 Å². The van der Waals surface area contributed by atoms with Crippen molar-refractivity contribution in [2.24, 2.45) is 0 Å². The van der Waals surface area contributed by atoms with Gasteiger partial charge in [0.25, 0.3) is 0 Å². The van der Waals surface area contributed by atoms with E-state index in [1.807, 2.05) is 32.0 Å². The molecule has 0 aliphatic carbocycles. The maximum atomic E-state index is 9.88. The molecule has 0 saturated carbocycles. The van der Waals surface area contributed by atoms with E-state index in [9.17, 15) is 5.11 Å². The zero-order chi connectivity index (χ0) is 11.0. The van der Waals surface area contributed by atoms with E-state index < -0.39 is 0 Å². The number of aryl methyl sites for hydroxylation is 2. The van der Waals surface area contributed by atoms with E-state index in [-0.39, 0.29) is 5.75 Å². The fourth-order valence-corrected chi connectivity index (χ4v) is 2.17. The smallest absolute Gasteiger partial charge is 0.151 e. The molecule has 3 heteroatoms. The molecule has 0 amide bonds. The van der Waals surface area contributed by atoms with Gasteiger partial charge in [-0.3, -0.25) is 0 Å². The Morgan fingerprint density at radius 1 is 1.40 bits per heavy atom. The lowest BCUT2D eigenvalue weighted by Gasteiger charge is -2.07. The molecule has 0 aliphatic rings. The molecule has 1 heterocycles. The Morgan fingerprint density at radius 3 is 2.80 bits per heavy atom. The number of benzene rings is 1. The van der Waals surface area contributed by atoms with Crippen molar-refractivity contribution >= 4 is 26.8 Å². The number of nitrogens with zero attached hydrogens (tertiary/aromatic N) is 1. The molecule has 0 atom stereocenters. The first-order chi connectivity index (χ1) is 7.13. The fraction of sp³-hybridized carbons (Fsp3) is 0.250. The van der Waals surface area contributed by atoms with Crippen LogP contribution >= 0.6 is 15.9 Å². The lowest BCUT2D eigenvalue weighted by atomic mass is 10.1. The van der Waals surface area contributed by atoms with E-state index in [0.717, 1.165) is 33.1 Å². The molecule has 1 aromatic heterocycles. The van der Waals surface area contributed by atoms with Crippen molar-refractivity contribution in [2.45, 2.75) is 20.3 Å². The van der Waals surface area contributed by atoms with Gasteiger partial charge in [0.1, 0.15) is 0 Å². The molecular weight excluding hydrogens is 254 g/mol. The summed E-state index contributed by atoms with van der Waals surface area (Å²) in [5.74, 6) is 0.260. The Hall–Kier alpha value is -1.09. The highest BCUT2D eigenvalue weighted by atomic mass is 79.9. The van der Waals surface area contributed by atoms with Crippen LogP contribution in [-0.2, 0) is 6.42 Å². The van der Waals surface area contributed by atoms with Crippen LogP contribution in [0.2, 0.25) is 0 Å². The lowest BCUT2D eigenvalue weighted by Crippen LogP contribution is -1.91. The molecule has 0 saturated heterocycles. The van der Waals surface area contributed by atoms with E-state index >= 15 is 0 Å². The van der Waals surface area contributed by atoms with Crippen molar-refractivity contribution in [1.29, 1.82) is 0 Å². The second-order valence-electron chi connectivity index (χ2n) is 3.60. The third-order valence-corrected chi connectivity index (χ3v) is 3.26. The lowest BCUT2D eigenvalue weighted by molar-refractivity contribution is 0.463. The van der Waals surface area contributed by atoms with E-state index in [4.69, 9.17) is 0 Å². The van der Waals surface area contributed by atoms with E-state index in [2.05, 4.69) is 20.9 Å². The number of aromatic hydroxyl groups is 1. The van der Waals surface area contributed by atoms with Gasteiger partial charge in [-0.05, 0) is 41.4 Å². The van der Waals surface area contributed by atoms with Crippen LogP contribution in [0.15, 0.2) is 22.7 Å². The number of fused-ring (bicyclic) bond motifs is 1. The number of hydrogen-bond donors (Lipinski definition) is 1. The minimum atomic E-state index is 0.260. The minimum absolute atomic E-state index is 0.260. The first kappa shape index (κ1) is 10.4. The monoisotopic (exact) mass is 265 g/mol. The van der Waals surface area contributed by atoms with Gasteiger partial charge in [-0.15, -0.1) is 0 Å². The molecule has 1 N–H and O–H groups in total. The van der Waals surface area contributed by atoms with Crippen LogP contribution in [0, 0.1) is 6.92 Å².